The third-order valence-electron chi connectivity index (χ3n) is 4.89. The van der Waals surface area contributed by atoms with Crippen molar-refractivity contribution in [2.24, 2.45) is 0 Å². The molecule has 1 aliphatic heterocycles. The van der Waals surface area contributed by atoms with E-state index < -0.39 is 6.04 Å². The first-order valence-electron chi connectivity index (χ1n) is 8.67. The van der Waals surface area contributed by atoms with Crippen LogP contribution in [0.5, 0.6) is 0 Å². The van der Waals surface area contributed by atoms with Crippen molar-refractivity contribution in [3.8, 4) is 0 Å². The molecule has 0 N–H and O–H groups in total. The molecule has 0 saturated carbocycles. The van der Waals surface area contributed by atoms with E-state index in [4.69, 9.17) is 4.42 Å². The highest BCUT2D eigenvalue weighted by Crippen LogP contribution is 2.39. The molecule has 4 rings (SSSR count). The van der Waals surface area contributed by atoms with Crippen molar-refractivity contribution in [2.75, 3.05) is 6.54 Å². The molecule has 1 unspecified atom stereocenters. The summed E-state index contributed by atoms with van der Waals surface area (Å²) < 4.78 is 6.89. The number of nitrogens with zero attached hydrogens (tertiary/aromatic N) is 1. The Morgan fingerprint density at radius 3 is 2.70 bits per heavy atom. The average Bonchev–Trinajstić information content (AvgIpc) is 2.89. The van der Waals surface area contributed by atoms with Gasteiger partial charge in [0.05, 0.1) is 17.0 Å². The molecule has 1 aromatic heterocycles. The molecule has 0 spiro atoms. The van der Waals surface area contributed by atoms with Gasteiger partial charge in [-0.3, -0.25) is 9.59 Å². The number of hydrogen-bond donors (Lipinski definition) is 0. The van der Waals surface area contributed by atoms with Gasteiger partial charge < -0.3 is 9.32 Å². The molecular formula is C22H18BrNO3. The molecule has 1 amide bonds. The summed E-state index contributed by atoms with van der Waals surface area (Å²) in [5.74, 6) is -0.153. The lowest BCUT2D eigenvalue weighted by atomic mass is 9.97. The van der Waals surface area contributed by atoms with Crippen LogP contribution in [0.4, 0.5) is 0 Å². The molecule has 2 heterocycles. The lowest BCUT2D eigenvalue weighted by Crippen LogP contribution is -2.29. The van der Waals surface area contributed by atoms with Gasteiger partial charge in [-0.1, -0.05) is 40.2 Å². The van der Waals surface area contributed by atoms with Crippen molar-refractivity contribution >= 4 is 32.8 Å². The van der Waals surface area contributed by atoms with E-state index in [-0.39, 0.29) is 17.1 Å². The summed E-state index contributed by atoms with van der Waals surface area (Å²) in [4.78, 5) is 28.1. The van der Waals surface area contributed by atoms with E-state index in [1.807, 2.05) is 50.2 Å². The number of carbonyl (C=O) groups is 1. The van der Waals surface area contributed by atoms with Crippen molar-refractivity contribution in [1.82, 2.24) is 4.90 Å². The van der Waals surface area contributed by atoms with Crippen LogP contribution in [0.3, 0.4) is 0 Å². The number of carbonyl (C=O) groups excluding carboxylic acids is 1. The number of halogens is 1. The fourth-order valence-electron chi connectivity index (χ4n) is 3.83. The van der Waals surface area contributed by atoms with Crippen LogP contribution in [0, 0.1) is 13.8 Å². The normalized spacial score (nSPS) is 16.0. The monoisotopic (exact) mass is 423 g/mol. The summed E-state index contributed by atoms with van der Waals surface area (Å²) in [5, 5.41) is 0.513. The van der Waals surface area contributed by atoms with E-state index in [0.29, 0.717) is 23.1 Å². The first-order valence-corrected chi connectivity index (χ1v) is 9.47. The Morgan fingerprint density at radius 1 is 1.22 bits per heavy atom. The summed E-state index contributed by atoms with van der Waals surface area (Å²) in [6.07, 6.45) is 1.66. The van der Waals surface area contributed by atoms with Crippen molar-refractivity contribution in [3.63, 3.8) is 0 Å². The second-order valence-electron chi connectivity index (χ2n) is 6.84. The Bertz CT molecular complexity index is 1160. The summed E-state index contributed by atoms with van der Waals surface area (Å²) >= 11 is 3.48. The Kier molecular flexibility index (Phi) is 4.27. The first-order chi connectivity index (χ1) is 12.9. The maximum atomic E-state index is 13.4. The van der Waals surface area contributed by atoms with Crippen LogP contribution in [-0.4, -0.2) is 17.4 Å². The second kappa shape index (κ2) is 6.50. The minimum absolute atomic E-state index is 0.131. The van der Waals surface area contributed by atoms with Crippen LogP contribution < -0.4 is 5.43 Å². The van der Waals surface area contributed by atoms with Gasteiger partial charge in [-0.25, -0.2) is 0 Å². The van der Waals surface area contributed by atoms with Gasteiger partial charge in [0.1, 0.15) is 5.58 Å². The topological polar surface area (TPSA) is 50.5 Å². The molecule has 5 heteroatoms. The minimum Gasteiger partial charge on any atom is -0.450 e. The van der Waals surface area contributed by atoms with Gasteiger partial charge in [-0.2, -0.15) is 0 Å². The molecule has 1 atom stereocenters. The van der Waals surface area contributed by atoms with Crippen LogP contribution in [0.25, 0.3) is 11.0 Å². The van der Waals surface area contributed by atoms with Crippen LogP contribution in [0.2, 0.25) is 0 Å². The van der Waals surface area contributed by atoms with Gasteiger partial charge in [-0.15, -0.1) is 6.58 Å². The van der Waals surface area contributed by atoms with Crippen LogP contribution in [0.15, 0.2) is 62.7 Å². The Hall–Kier alpha value is -2.66. The summed E-state index contributed by atoms with van der Waals surface area (Å²) in [7, 11) is 0. The van der Waals surface area contributed by atoms with E-state index in [0.717, 1.165) is 21.2 Å². The molecule has 136 valence electrons. The van der Waals surface area contributed by atoms with Crippen molar-refractivity contribution in [1.29, 1.82) is 0 Å². The van der Waals surface area contributed by atoms with E-state index >= 15 is 0 Å². The largest absolute Gasteiger partial charge is 0.450 e. The van der Waals surface area contributed by atoms with Crippen LogP contribution in [0.1, 0.15) is 38.9 Å². The minimum atomic E-state index is -0.496. The maximum Gasteiger partial charge on any atom is 0.291 e. The highest BCUT2D eigenvalue weighted by Gasteiger charge is 2.42. The van der Waals surface area contributed by atoms with Gasteiger partial charge in [0.2, 0.25) is 5.76 Å². The Balaban J connectivity index is 2.07. The summed E-state index contributed by atoms with van der Waals surface area (Å²) in [6.45, 7) is 7.92. The molecular weight excluding hydrogens is 406 g/mol. The van der Waals surface area contributed by atoms with Crippen LogP contribution >= 0.6 is 15.9 Å². The predicted octanol–water partition coefficient (Wildman–Crippen LogP) is 4.90. The quantitative estimate of drug-likeness (QED) is 0.562. The number of hydrogen-bond acceptors (Lipinski definition) is 3. The zero-order valence-corrected chi connectivity index (χ0v) is 16.7. The molecule has 27 heavy (non-hydrogen) atoms. The summed E-state index contributed by atoms with van der Waals surface area (Å²) in [6, 6.07) is 10.9. The van der Waals surface area contributed by atoms with E-state index in [1.54, 1.807) is 11.0 Å². The van der Waals surface area contributed by atoms with Gasteiger partial charge in [0, 0.05) is 11.0 Å². The van der Waals surface area contributed by atoms with Crippen molar-refractivity contribution in [3.05, 3.63) is 91.8 Å². The molecule has 0 aliphatic carbocycles. The number of rotatable bonds is 3. The van der Waals surface area contributed by atoms with E-state index in [1.165, 1.54) is 0 Å². The molecule has 4 nitrogen and oxygen atoms in total. The van der Waals surface area contributed by atoms with Gasteiger partial charge in [-0.05, 0) is 48.7 Å². The number of amides is 1. The fraction of sp³-hybridized carbons (Fsp3) is 0.182. The zero-order chi connectivity index (χ0) is 19.3. The summed E-state index contributed by atoms with van der Waals surface area (Å²) in [5.41, 5.74) is 3.42. The molecule has 3 aromatic rings. The predicted molar refractivity (Wildman–Crippen MR) is 109 cm³/mol. The number of fused-ring (bicyclic) bond motifs is 2. The highest BCUT2D eigenvalue weighted by atomic mass is 79.9. The fourth-order valence-corrected chi connectivity index (χ4v) is 4.24. The molecule has 0 saturated heterocycles. The SMILES string of the molecule is C=CCN1C(=O)c2oc3c(C)cc(C)cc3c(=O)c2C1c1cccc(Br)c1. The van der Waals surface area contributed by atoms with Gasteiger partial charge in [0.25, 0.3) is 5.91 Å². The number of aryl methyl sites for hydroxylation is 2. The molecule has 0 radical (unpaired) electrons. The van der Waals surface area contributed by atoms with Gasteiger partial charge in [0.15, 0.2) is 5.43 Å². The second-order valence-corrected chi connectivity index (χ2v) is 7.75. The van der Waals surface area contributed by atoms with E-state index in [9.17, 15) is 9.59 Å². The maximum absolute atomic E-state index is 13.4. The Labute approximate surface area is 165 Å². The van der Waals surface area contributed by atoms with E-state index in [2.05, 4.69) is 22.5 Å². The zero-order valence-electron chi connectivity index (χ0n) is 15.1. The number of benzene rings is 2. The van der Waals surface area contributed by atoms with Gasteiger partial charge >= 0.3 is 0 Å². The molecule has 2 aromatic carbocycles. The lowest BCUT2D eigenvalue weighted by Gasteiger charge is -2.23. The molecule has 0 fully saturated rings. The smallest absolute Gasteiger partial charge is 0.291 e. The first kappa shape index (κ1) is 17.7. The third kappa shape index (κ3) is 2.73. The highest BCUT2D eigenvalue weighted by molar-refractivity contribution is 9.10. The van der Waals surface area contributed by atoms with Crippen LogP contribution in [-0.2, 0) is 0 Å². The Morgan fingerprint density at radius 2 is 2.00 bits per heavy atom. The van der Waals surface area contributed by atoms with Crippen molar-refractivity contribution < 1.29 is 9.21 Å². The third-order valence-corrected chi connectivity index (χ3v) is 5.38. The van der Waals surface area contributed by atoms with Crippen molar-refractivity contribution in [2.45, 2.75) is 19.9 Å². The lowest BCUT2D eigenvalue weighted by molar-refractivity contribution is 0.0748. The molecule has 0 bridgehead atoms. The molecule has 1 aliphatic rings. The average molecular weight is 424 g/mol. The standard InChI is InChI=1S/C22H18BrNO3/c1-4-8-24-18(14-6-5-7-15(23)11-14)17-19(25)16-10-12(2)9-13(3)20(16)27-21(17)22(24)26/h4-7,9-11,18H,1,8H2,2-3H3.